The van der Waals surface area contributed by atoms with Gasteiger partial charge >= 0.3 is 0 Å². The van der Waals surface area contributed by atoms with Crippen LogP contribution in [0.1, 0.15) is 50.1 Å². The molecule has 3 heterocycles. The number of nitrogens with zero attached hydrogens (tertiary/aromatic N) is 4. The zero-order valence-electron chi connectivity index (χ0n) is 16.9. The molecule has 0 saturated heterocycles. The first-order chi connectivity index (χ1) is 13.7. The normalized spacial score (nSPS) is 16.9. The van der Waals surface area contributed by atoms with Gasteiger partial charge in [-0.15, -0.1) is 0 Å². The van der Waals surface area contributed by atoms with Crippen LogP contribution in [0.3, 0.4) is 0 Å². The Labute approximate surface area is 172 Å². The molecule has 28 heavy (non-hydrogen) atoms. The van der Waals surface area contributed by atoms with Crippen LogP contribution in [-0.4, -0.2) is 39.0 Å². The lowest BCUT2D eigenvalue weighted by Gasteiger charge is -2.29. The maximum Gasteiger partial charge on any atom is 0.199 e. The van der Waals surface area contributed by atoms with Crippen LogP contribution in [0.25, 0.3) is 0 Å². The fourth-order valence-corrected chi connectivity index (χ4v) is 4.48. The third kappa shape index (κ3) is 3.96. The van der Waals surface area contributed by atoms with Gasteiger partial charge in [-0.25, -0.2) is 4.68 Å². The molecule has 152 valence electrons. The molecule has 0 N–H and O–H groups in total. The SMILES string of the molecule is CCOc1cc2c(cc1OCC)CN(Cn1nc3n(c1=S)CCCCC3)CC2. The first-order valence-electron chi connectivity index (χ1n) is 10.5. The van der Waals surface area contributed by atoms with Crippen LogP contribution < -0.4 is 9.47 Å². The van der Waals surface area contributed by atoms with Gasteiger partial charge in [0.2, 0.25) is 0 Å². The second-order valence-electron chi connectivity index (χ2n) is 7.54. The molecule has 7 heteroatoms. The highest BCUT2D eigenvalue weighted by atomic mass is 32.1. The van der Waals surface area contributed by atoms with E-state index < -0.39 is 0 Å². The quantitative estimate of drug-likeness (QED) is 0.685. The van der Waals surface area contributed by atoms with E-state index in [1.165, 1.54) is 30.4 Å². The molecule has 0 bridgehead atoms. The van der Waals surface area contributed by atoms with Crippen LogP contribution in [0.4, 0.5) is 0 Å². The third-order valence-electron chi connectivity index (χ3n) is 5.57. The Balaban J connectivity index is 1.53. The molecule has 2 aliphatic heterocycles. The lowest BCUT2D eigenvalue weighted by molar-refractivity contribution is 0.186. The van der Waals surface area contributed by atoms with Gasteiger partial charge in [-0.3, -0.25) is 4.90 Å². The second-order valence-corrected chi connectivity index (χ2v) is 7.90. The van der Waals surface area contributed by atoms with Crippen molar-refractivity contribution in [3.05, 3.63) is 33.9 Å². The molecule has 0 spiro atoms. The summed E-state index contributed by atoms with van der Waals surface area (Å²) in [6.45, 7) is 8.93. The van der Waals surface area contributed by atoms with Crippen molar-refractivity contribution in [2.45, 2.75) is 65.7 Å². The van der Waals surface area contributed by atoms with E-state index in [9.17, 15) is 0 Å². The van der Waals surface area contributed by atoms with E-state index in [2.05, 4.69) is 21.6 Å². The highest BCUT2D eigenvalue weighted by molar-refractivity contribution is 7.71. The van der Waals surface area contributed by atoms with Gasteiger partial charge in [0.15, 0.2) is 16.3 Å². The van der Waals surface area contributed by atoms with Gasteiger partial charge in [0.25, 0.3) is 0 Å². The third-order valence-corrected chi connectivity index (χ3v) is 6.00. The molecule has 0 amide bonds. The van der Waals surface area contributed by atoms with Crippen molar-refractivity contribution in [2.24, 2.45) is 0 Å². The Bertz CT molecular complexity index is 889. The summed E-state index contributed by atoms with van der Waals surface area (Å²) in [6, 6.07) is 4.31. The van der Waals surface area contributed by atoms with Gasteiger partial charge in [0.1, 0.15) is 5.82 Å². The molecule has 2 aliphatic rings. The summed E-state index contributed by atoms with van der Waals surface area (Å²) < 4.78 is 16.7. The predicted molar refractivity (Wildman–Crippen MR) is 112 cm³/mol. The lowest BCUT2D eigenvalue weighted by Crippen LogP contribution is -2.33. The number of benzene rings is 1. The van der Waals surface area contributed by atoms with E-state index in [-0.39, 0.29) is 0 Å². The van der Waals surface area contributed by atoms with Crippen molar-refractivity contribution in [1.29, 1.82) is 0 Å². The zero-order chi connectivity index (χ0) is 19.5. The van der Waals surface area contributed by atoms with Crippen LogP contribution in [0.5, 0.6) is 11.5 Å². The summed E-state index contributed by atoms with van der Waals surface area (Å²) in [5.41, 5.74) is 2.66. The number of ether oxygens (including phenoxy) is 2. The van der Waals surface area contributed by atoms with E-state index >= 15 is 0 Å². The molecule has 0 aliphatic carbocycles. The minimum absolute atomic E-state index is 0.637. The topological polar surface area (TPSA) is 44.5 Å². The Kier molecular flexibility index (Phi) is 6.01. The van der Waals surface area contributed by atoms with Gasteiger partial charge in [-0.05, 0) is 68.6 Å². The van der Waals surface area contributed by atoms with Crippen LogP contribution in [0.15, 0.2) is 12.1 Å². The highest BCUT2D eigenvalue weighted by Crippen LogP contribution is 2.34. The van der Waals surface area contributed by atoms with Crippen LogP contribution in [0, 0.1) is 4.77 Å². The molecule has 0 fully saturated rings. The minimum atomic E-state index is 0.637. The van der Waals surface area contributed by atoms with Gasteiger partial charge in [-0.1, -0.05) is 6.42 Å². The Hall–Kier alpha value is -1.86. The van der Waals surface area contributed by atoms with Crippen molar-refractivity contribution in [3.63, 3.8) is 0 Å². The molecule has 1 aromatic heterocycles. The average molecular weight is 403 g/mol. The molecular weight excluding hydrogens is 372 g/mol. The molecule has 4 rings (SSSR count). The van der Waals surface area contributed by atoms with Crippen LogP contribution in [-0.2, 0) is 32.6 Å². The molecule has 0 radical (unpaired) electrons. The van der Waals surface area contributed by atoms with Gasteiger partial charge in [0, 0.05) is 26.1 Å². The number of aryl methyl sites for hydroxylation is 1. The van der Waals surface area contributed by atoms with Gasteiger partial charge < -0.3 is 14.0 Å². The number of hydrogen-bond acceptors (Lipinski definition) is 5. The van der Waals surface area contributed by atoms with Crippen molar-refractivity contribution in [1.82, 2.24) is 19.2 Å². The summed E-state index contributed by atoms with van der Waals surface area (Å²) in [4.78, 5) is 2.42. The van der Waals surface area contributed by atoms with Crippen molar-refractivity contribution >= 4 is 12.2 Å². The maximum atomic E-state index is 5.81. The molecule has 2 aromatic rings. The largest absolute Gasteiger partial charge is 0.490 e. The number of fused-ring (bicyclic) bond motifs is 2. The summed E-state index contributed by atoms with van der Waals surface area (Å²) in [6.07, 6.45) is 5.73. The summed E-state index contributed by atoms with van der Waals surface area (Å²) in [7, 11) is 0. The Morgan fingerprint density at radius 2 is 1.71 bits per heavy atom. The molecule has 6 nitrogen and oxygen atoms in total. The van der Waals surface area contributed by atoms with Crippen molar-refractivity contribution < 1.29 is 9.47 Å². The fourth-order valence-electron chi connectivity index (χ4n) is 4.19. The summed E-state index contributed by atoms with van der Waals surface area (Å²) in [5.74, 6) is 2.85. The van der Waals surface area contributed by atoms with E-state index in [0.29, 0.717) is 13.2 Å². The van der Waals surface area contributed by atoms with Crippen molar-refractivity contribution in [2.75, 3.05) is 19.8 Å². The summed E-state index contributed by atoms with van der Waals surface area (Å²) >= 11 is 5.72. The number of rotatable bonds is 6. The summed E-state index contributed by atoms with van der Waals surface area (Å²) in [5, 5.41) is 4.83. The minimum Gasteiger partial charge on any atom is -0.490 e. The van der Waals surface area contributed by atoms with E-state index in [4.69, 9.17) is 26.8 Å². The van der Waals surface area contributed by atoms with Crippen LogP contribution in [0.2, 0.25) is 0 Å². The van der Waals surface area contributed by atoms with E-state index in [1.807, 2.05) is 18.5 Å². The second kappa shape index (κ2) is 8.66. The molecule has 0 saturated carbocycles. The van der Waals surface area contributed by atoms with Gasteiger partial charge in [0.05, 0.1) is 19.9 Å². The first-order valence-corrected chi connectivity index (χ1v) is 10.9. The van der Waals surface area contributed by atoms with Gasteiger partial charge in [-0.2, -0.15) is 5.10 Å². The monoisotopic (exact) mass is 402 g/mol. The molecule has 0 unspecified atom stereocenters. The fraction of sp³-hybridized carbons (Fsp3) is 0.619. The highest BCUT2D eigenvalue weighted by Gasteiger charge is 2.21. The Morgan fingerprint density at radius 1 is 0.964 bits per heavy atom. The number of hydrogen-bond donors (Lipinski definition) is 0. The first kappa shape index (κ1) is 19.5. The number of aromatic nitrogens is 3. The van der Waals surface area contributed by atoms with Crippen molar-refractivity contribution in [3.8, 4) is 11.5 Å². The van der Waals surface area contributed by atoms with E-state index in [1.54, 1.807) is 0 Å². The molecule has 0 atom stereocenters. The smallest absolute Gasteiger partial charge is 0.199 e. The maximum absolute atomic E-state index is 5.81. The standard InChI is InChI=1S/C21H30N4O2S/c1-3-26-18-12-16-9-11-23(14-17(16)13-19(18)27-4-2)15-25-21(28)24-10-7-5-6-8-20(24)22-25/h12-13H,3-11,14-15H2,1-2H3. The molecule has 1 aromatic carbocycles. The average Bonchev–Trinajstić information content (AvgIpc) is 2.85. The lowest BCUT2D eigenvalue weighted by atomic mass is 9.99. The molecular formula is C21H30N4O2S. The van der Waals surface area contributed by atoms with Crippen LogP contribution >= 0.6 is 12.2 Å². The van der Waals surface area contributed by atoms with E-state index in [0.717, 1.165) is 61.2 Å². The zero-order valence-corrected chi connectivity index (χ0v) is 17.8. The Morgan fingerprint density at radius 3 is 2.46 bits per heavy atom. The predicted octanol–water partition coefficient (Wildman–Crippen LogP) is 3.95.